The van der Waals surface area contributed by atoms with Crippen LogP contribution in [-0.2, 0) is 14.9 Å². The van der Waals surface area contributed by atoms with Crippen LogP contribution in [0.25, 0.3) is 0 Å². The van der Waals surface area contributed by atoms with Crippen LogP contribution in [0, 0.1) is 5.92 Å². The minimum absolute atomic E-state index is 0.0751. The fourth-order valence-electron chi connectivity index (χ4n) is 2.36. The van der Waals surface area contributed by atoms with Gasteiger partial charge in [0.15, 0.2) is 0 Å². The molecule has 0 aliphatic heterocycles. The maximum atomic E-state index is 11.6. The first-order valence-electron chi connectivity index (χ1n) is 6.86. The zero-order valence-electron chi connectivity index (χ0n) is 11.8. The second kappa shape index (κ2) is 7.54. The highest BCUT2D eigenvalue weighted by Gasteiger charge is 2.33. The zero-order valence-corrected chi connectivity index (χ0v) is 12.6. The highest BCUT2D eigenvalue weighted by molar-refractivity contribution is 7.87. The molecule has 0 atom stereocenters. The monoisotopic (exact) mass is 294 g/mol. The van der Waals surface area contributed by atoms with E-state index in [9.17, 15) is 13.5 Å². The van der Waals surface area contributed by atoms with Crippen molar-refractivity contribution in [3.05, 3.63) is 0 Å². The van der Waals surface area contributed by atoms with Crippen LogP contribution in [0.3, 0.4) is 0 Å². The van der Waals surface area contributed by atoms with E-state index in [1.165, 1.54) is 7.11 Å². The Morgan fingerprint density at radius 2 is 1.95 bits per heavy atom. The molecule has 6 nitrogen and oxygen atoms in total. The maximum Gasteiger partial charge on any atom is 0.277 e. The molecule has 0 amide bonds. The van der Waals surface area contributed by atoms with Gasteiger partial charge in [-0.05, 0) is 31.6 Å². The molecule has 0 aromatic carbocycles. The summed E-state index contributed by atoms with van der Waals surface area (Å²) < 4.78 is 32.8. The topological polar surface area (TPSA) is 87.7 Å². The van der Waals surface area contributed by atoms with Gasteiger partial charge in [-0.25, -0.2) is 0 Å². The number of hydrogen-bond acceptors (Lipinski definition) is 4. The number of aliphatic hydroxyl groups is 1. The number of methoxy groups -OCH3 is 1. The standard InChI is InChI=1S/C12H26N2O4S/c1-3-11-4-6-12(15,7-5-11)10-14-19(16,17)13-8-9-18-2/h11,13-15H,3-10H2,1-2H3. The normalized spacial score (nSPS) is 28.5. The molecular formula is C12H26N2O4S. The molecule has 0 aromatic heterocycles. The summed E-state index contributed by atoms with van der Waals surface area (Å²) in [6, 6.07) is 0. The third-order valence-electron chi connectivity index (χ3n) is 3.80. The number of ether oxygens (including phenoxy) is 1. The van der Waals surface area contributed by atoms with E-state index in [1.54, 1.807) is 0 Å². The van der Waals surface area contributed by atoms with E-state index in [-0.39, 0.29) is 13.1 Å². The van der Waals surface area contributed by atoms with Crippen LogP contribution in [0.1, 0.15) is 39.0 Å². The van der Waals surface area contributed by atoms with Gasteiger partial charge < -0.3 is 9.84 Å². The number of hydrogen-bond donors (Lipinski definition) is 3. The van der Waals surface area contributed by atoms with Crippen molar-refractivity contribution < 1.29 is 18.3 Å². The lowest BCUT2D eigenvalue weighted by Gasteiger charge is -2.35. The van der Waals surface area contributed by atoms with Crippen molar-refractivity contribution in [1.29, 1.82) is 0 Å². The van der Waals surface area contributed by atoms with Crippen LogP contribution in [0.5, 0.6) is 0 Å². The van der Waals surface area contributed by atoms with Gasteiger partial charge in [0.1, 0.15) is 0 Å². The Kier molecular flexibility index (Phi) is 6.68. The van der Waals surface area contributed by atoms with Crippen LogP contribution >= 0.6 is 0 Å². The van der Waals surface area contributed by atoms with E-state index in [4.69, 9.17) is 4.74 Å². The smallest absolute Gasteiger partial charge is 0.277 e. The Morgan fingerprint density at radius 1 is 1.32 bits per heavy atom. The van der Waals surface area contributed by atoms with Crippen LogP contribution in [0.4, 0.5) is 0 Å². The lowest BCUT2D eigenvalue weighted by Crippen LogP contribution is -2.48. The zero-order chi connectivity index (χ0) is 14.4. The molecule has 7 heteroatoms. The first-order valence-corrected chi connectivity index (χ1v) is 8.34. The summed E-state index contributed by atoms with van der Waals surface area (Å²) in [6.45, 7) is 2.77. The second-order valence-corrected chi connectivity index (χ2v) is 6.87. The highest BCUT2D eigenvalue weighted by atomic mass is 32.2. The Bertz CT molecular complexity index is 351. The minimum Gasteiger partial charge on any atom is -0.389 e. The molecule has 0 spiro atoms. The summed E-state index contributed by atoms with van der Waals surface area (Å²) in [5, 5.41) is 10.3. The van der Waals surface area contributed by atoms with Gasteiger partial charge in [0.2, 0.25) is 0 Å². The molecule has 0 bridgehead atoms. The summed E-state index contributed by atoms with van der Waals surface area (Å²) in [7, 11) is -2.04. The predicted molar refractivity (Wildman–Crippen MR) is 74.0 cm³/mol. The second-order valence-electron chi connectivity index (χ2n) is 5.29. The summed E-state index contributed by atoms with van der Waals surface area (Å²) in [5.74, 6) is 0.664. The number of rotatable bonds is 8. The Morgan fingerprint density at radius 3 is 2.47 bits per heavy atom. The van der Waals surface area contributed by atoms with Gasteiger partial charge in [0.25, 0.3) is 10.2 Å². The molecule has 1 aliphatic rings. The van der Waals surface area contributed by atoms with Crippen molar-refractivity contribution >= 4 is 10.2 Å². The van der Waals surface area contributed by atoms with Crippen LogP contribution < -0.4 is 9.44 Å². The molecule has 3 N–H and O–H groups in total. The summed E-state index contributed by atoms with van der Waals surface area (Å²) in [4.78, 5) is 0. The van der Waals surface area contributed by atoms with E-state index in [0.717, 1.165) is 19.3 Å². The maximum absolute atomic E-state index is 11.6. The van der Waals surface area contributed by atoms with Gasteiger partial charge in [-0.15, -0.1) is 0 Å². The quantitative estimate of drug-likeness (QED) is 0.565. The fourth-order valence-corrected chi connectivity index (χ4v) is 3.27. The molecule has 0 radical (unpaired) electrons. The van der Waals surface area contributed by atoms with Crippen molar-refractivity contribution in [2.45, 2.75) is 44.6 Å². The molecule has 0 aromatic rings. The molecule has 0 heterocycles. The van der Waals surface area contributed by atoms with Gasteiger partial charge in [-0.2, -0.15) is 17.9 Å². The van der Waals surface area contributed by atoms with Crippen LogP contribution in [0.2, 0.25) is 0 Å². The van der Waals surface area contributed by atoms with E-state index < -0.39 is 15.8 Å². The first-order chi connectivity index (χ1) is 8.91. The Labute approximate surface area is 116 Å². The van der Waals surface area contributed by atoms with Crippen molar-refractivity contribution in [2.75, 3.05) is 26.8 Å². The van der Waals surface area contributed by atoms with Gasteiger partial charge >= 0.3 is 0 Å². The van der Waals surface area contributed by atoms with Crippen LogP contribution in [0.15, 0.2) is 0 Å². The fraction of sp³-hybridized carbons (Fsp3) is 1.00. The third-order valence-corrected chi connectivity index (χ3v) is 4.91. The van der Waals surface area contributed by atoms with Gasteiger partial charge in [0, 0.05) is 20.2 Å². The minimum atomic E-state index is -3.55. The SMILES string of the molecule is CCC1CCC(O)(CNS(=O)(=O)NCCOC)CC1. The van der Waals surface area contributed by atoms with Gasteiger partial charge in [-0.3, -0.25) is 0 Å². The average molecular weight is 294 g/mol. The third kappa shape index (κ3) is 6.18. The molecule has 1 saturated carbocycles. The molecule has 19 heavy (non-hydrogen) atoms. The molecule has 1 fully saturated rings. The Balaban J connectivity index is 2.35. The van der Waals surface area contributed by atoms with E-state index in [0.29, 0.717) is 25.4 Å². The van der Waals surface area contributed by atoms with Crippen molar-refractivity contribution in [1.82, 2.24) is 9.44 Å². The lowest BCUT2D eigenvalue weighted by atomic mass is 9.78. The summed E-state index contributed by atoms with van der Waals surface area (Å²) in [5.41, 5.74) is -0.901. The number of nitrogens with one attached hydrogen (secondary N) is 2. The average Bonchev–Trinajstić information content (AvgIpc) is 2.38. The van der Waals surface area contributed by atoms with Crippen molar-refractivity contribution in [2.24, 2.45) is 5.92 Å². The van der Waals surface area contributed by atoms with Crippen molar-refractivity contribution in [3.63, 3.8) is 0 Å². The van der Waals surface area contributed by atoms with E-state index in [1.807, 2.05) is 0 Å². The molecule has 0 saturated heterocycles. The summed E-state index contributed by atoms with van der Waals surface area (Å²) in [6.07, 6.45) is 4.37. The Hall–Kier alpha value is -0.210. The largest absolute Gasteiger partial charge is 0.389 e. The van der Waals surface area contributed by atoms with E-state index >= 15 is 0 Å². The van der Waals surface area contributed by atoms with Crippen LogP contribution in [-0.4, -0.2) is 45.9 Å². The van der Waals surface area contributed by atoms with E-state index in [2.05, 4.69) is 16.4 Å². The molecule has 0 unspecified atom stereocenters. The van der Waals surface area contributed by atoms with Gasteiger partial charge in [0.05, 0.1) is 12.2 Å². The van der Waals surface area contributed by atoms with Gasteiger partial charge in [-0.1, -0.05) is 13.3 Å². The summed E-state index contributed by atoms with van der Waals surface area (Å²) >= 11 is 0. The molecule has 1 rings (SSSR count). The highest BCUT2D eigenvalue weighted by Crippen LogP contribution is 2.33. The molecule has 1 aliphatic carbocycles. The predicted octanol–water partition coefficient (Wildman–Crippen LogP) is 0.388. The van der Waals surface area contributed by atoms with Crippen molar-refractivity contribution in [3.8, 4) is 0 Å². The molecular weight excluding hydrogens is 268 g/mol. The first kappa shape index (κ1) is 16.8. The molecule has 114 valence electrons. The lowest BCUT2D eigenvalue weighted by molar-refractivity contribution is -0.00449.